The van der Waals surface area contributed by atoms with Gasteiger partial charge in [-0.3, -0.25) is 0 Å². The summed E-state index contributed by atoms with van der Waals surface area (Å²) in [6.07, 6.45) is 10.2. The van der Waals surface area contributed by atoms with E-state index >= 15 is 0 Å². The number of rotatable bonds is 3. The molecule has 1 heterocycles. The van der Waals surface area contributed by atoms with E-state index in [-0.39, 0.29) is 5.63 Å². The summed E-state index contributed by atoms with van der Waals surface area (Å²) in [6.45, 7) is 2.07. The van der Waals surface area contributed by atoms with Crippen LogP contribution in [0.3, 0.4) is 0 Å². The average Bonchev–Trinajstić information content (AvgIpc) is 2.13. The Labute approximate surface area is 77.2 Å². The van der Waals surface area contributed by atoms with Crippen LogP contribution in [-0.2, 0) is 0 Å². The molecule has 0 atom stereocenters. The first-order valence-corrected chi connectivity index (χ1v) is 4.25. The largest absolute Gasteiger partial charge is 0.431 e. The van der Waals surface area contributed by atoms with Crippen molar-refractivity contribution in [3.05, 3.63) is 52.6 Å². The minimum Gasteiger partial charge on any atom is -0.431 e. The molecule has 2 heteroatoms. The molecule has 0 saturated carbocycles. The first kappa shape index (κ1) is 9.52. The minimum atomic E-state index is -0.318. The second-order valence-electron chi connectivity index (χ2n) is 2.58. The molecule has 0 fully saturated rings. The van der Waals surface area contributed by atoms with E-state index in [0.717, 1.165) is 12.0 Å². The smallest absolute Gasteiger partial charge is 0.336 e. The van der Waals surface area contributed by atoms with Crippen LogP contribution in [-0.4, -0.2) is 0 Å². The molecule has 0 aliphatic rings. The van der Waals surface area contributed by atoms with Gasteiger partial charge in [-0.1, -0.05) is 31.2 Å². The zero-order valence-electron chi connectivity index (χ0n) is 7.57. The zero-order valence-corrected chi connectivity index (χ0v) is 7.57. The van der Waals surface area contributed by atoms with E-state index in [0.29, 0.717) is 0 Å². The van der Waals surface area contributed by atoms with E-state index in [4.69, 9.17) is 0 Å². The highest BCUT2D eigenvalue weighted by Crippen LogP contribution is 1.97. The van der Waals surface area contributed by atoms with E-state index in [1.807, 2.05) is 24.3 Å². The first-order valence-electron chi connectivity index (χ1n) is 4.25. The summed E-state index contributed by atoms with van der Waals surface area (Å²) in [6, 6.07) is 3.20. The lowest BCUT2D eigenvalue weighted by molar-refractivity contribution is 0.510. The molecule has 0 amide bonds. The molecule has 0 aromatic carbocycles. The highest BCUT2D eigenvalue weighted by atomic mass is 16.4. The van der Waals surface area contributed by atoms with Crippen molar-refractivity contribution in [3.8, 4) is 0 Å². The second kappa shape index (κ2) is 5.14. The molecule has 1 aromatic heterocycles. The molecule has 0 aliphatic carbocycles. The van der Waals surface area contributed by atoms with Crippen molar-refractivity contribution in [3.63, 3.8) is 0 Å². The summed E-state index contributed by atoms with van der Waals surface area (Å²) in [5.41, 5.74) is 0.540. The van der Waals surface area contributed by atoms with E-state index in [1.165, 1.54) is 12.3 Å². The Morgan fingerprint density at radius 1 is 1.46 bits per heavy atom. The molecule has 0 unspecified atom stereocenters. The van der Waals surface area contributed by atoms with Crippen molar-refractivity contribution in [2.75, 3.05) is 0 Å². The highest BCUT2D eigenvalue weighted by molar-refractivity contribution is 5.49. The van der Waals surface area contributed by atoms with Gasteiger partial charge in [0.15, 0.2) is 0 Å². The Hall–Kier alpha value is -1.57. The van der Waals surface area contributed by atoms with Crippen LogP contribution >= 0.6 is 0 Å². The quantitative estimate of drug-likeness (QED) is 0.662. The van der Waals surface area contributed by atoms with Crippen LogP contribution in [0.15, 0.2) is 45.8 Å². The molecule has 2 nitrogen and oxygen atoms in total. The third-order valence-corrected chi connectivity index (χ3v) is 1.50. The van der Waals surface area contributed by atoms with E-state index in [9.17, 15) is 4.79 Å². The summed E-state index contributed by atoms with van der Waals surface area (Å²) in [5.74, 6) is 0. The van der Waals surface area contributed by atoms with Crippen molar-refractivity contribution in [2.24, 2.45) is 0 Å². The minimum absolute atomic E-state index is 0.318. The van der Waals surface area contributed by atoms with Crippen molar-refractivity contribution >= 4 is 6.08 Å². The molecule has 1 rings (SSSR count). The van der Waals surface area contributed by atoms with Crippen LogP contribution in [0, 0.1) is 0 Å². The SMILES string of the molecule is CC/C=C/C=C/c1ccoc(=O)c1. The molecule has 0 bridgehead atoms. The molecule has 0 saturated heterocycles. The number of hydrogen-bond donors (Lipinski definition) is 0. The summed E-state index contributed by atoms with van der Waals surface area (Å²) in [4.78, 5) is 10.8. The summed E-state index contributed by atoms with van der Waals surface area (Å²) in [5, 5.41) is 0. The van der Waals surface area contributed by atoms with Crippen LogP contribution < -0.4 is 5.63 Å². The van der Waals surface area contributed by atoms with E-state index in [2.05, 4.69) is 11.3 Å². The molecule has 0 N–H and O–H groups in total. The van der Waals surface area contributed by atoms with Crippen molar-refractivity contribution in [1.82, 2.24) is 0 Å². The Bertz CT molecular complexity index is 358. The van der Waals surface area contributed by atoms with Crippen molar-refractivity contribution in [1.29, 1.82) is 0 Å². The van der Waals surface area contributed by atoms with Gasteiger partial charge in [-0.25, -0.2) is 4.79 Å². The fraction of sp³-hybridized carbons (Fsp3) is 0.182. The fourth-order valence-electron chi connectivity index (χ4n) is 0.883. The van der Waals surface area contributed by atoms with Gasteiger partial charge in [-0.15, -0.1) is 0 Å². The lowest BCUT2D eigenvalue weighted by Crippen LogP contribution is -1.94. The molecule has 68 valence electrons. The van der Waals surface area contributed by atoms with Gasteiger partial charge in [0.2, 0.25) is 0 Å². The van der Waals surface area contributed by atoms with Gasteiger partial charge in [-0.05, 0) is 18.1 Å². The lowest BCUT2D eigenvalue weighted by atomic mass is 10.2. The Morgan fingerprint density at radius 2 is 2.31 bits per heavy atom. The normalized spacial score (nSPS) is 11.5. The highest BCUT2D eigenvalue weighted by Gasteiger charge is 1.86. The van der Waals surface area contributed by atoms with Gasteiger partial charge in [0.05, 0.1) is 6.26 Å². The fourth-order valence-corrected chi connectivity index (χ4v) is 0.883. The third-order valence-electron chi connectivity index (χ3n) is 1.50. The van der Waals surface area contributed by atoms with Gasteiger partial charge in [0.25, 0.3) is 0 Å². The van der Waals surface area contributed by atoms with Crippen LogP contribution in [0.4, 0.5) is 0 Å². The molecule has 0 radical (unpaired) electrons. The summed E-state index contributed by atoms with van der Waals surface area (Å²) < 4.78 is 4.59. The average molecular weight is 176 g/mol. The van der Waals surface area contributed by atoms with E-state index < -0.39 is 0 Å². The van der Waals surface area contributed by atoms with Gasteiger partial charge < -0.3 is 4.42 Å². The van der Waals surface area contributed by atoms with Crippen LogP contribution in [0.25, 0.3) is 6.08 Å². The van der Waals surface area contributed by atoms with Crippen molar-refractivity contribution in [2.45, 2.75) is 13.3 Å². The zero-order chi connectivity index (χ0) is 9.52. The van der Waals surface area contributed by atoms with Gasteiger partial charge >= 0.3 is 5.63 Å². The third kappa shape index (κ3) is 3.56. The monoisotopic (exact) mass is 176 g/mol. The Morgan fingerprint density at radius 3 is 3.00 bits per heavy atom. The number of hydrogen-bond acceptors (Lipinski definition) is 2. The Kier molecular flexibility index (Phi) is 3.76. The van der Waals surface area contributed by atoms with Crippen LogP contribution in [0.5, 0.6) is 0 Å². The standard InChI is InChI=1S/C11H12O2/c1-2-3-4-5-6-10-7-8-13-11(12)9-10/h3-9H,2H2,1H3/b4-3+,6-5+. The maximum Gasteiger partial charge on any atom is 0.336 e. The number of allylic oxidation sites excluding steroid dienone is 3. The molecule has 0 aliphatic heterocycles. The van der Waals surface area contributed by atoms with Crippen molar-refractivity contribution < 1.29 is 4.42 Å². The molecular formula is C11H12O2. The summed E-state index contributed by atoms with van der Waals surface area (Å²) in [7, 11) is 0. The maximum absolute atomic E-state index is 10.8. The van der Waals surface area contributed by atoms with Gasteiger partial charge in [0.1, 0.15) is 0 Å². The predicted molar refractivity (Wildman–Crippen MR) is 53.4 cm³/mol. The molecular weight excluding hydrogens is 164 g/mol. The van der Waals surface area contributed by atoms with Gasteiger partial charge in [0, 0.05) is 6.07 Å². The predicted octanol–water partition coefficient (Wildman–Crippen LogP) is 2.62. The maximum atomic E-state index is 10.8. The topological polar surface area (TPSA) is 30.2 Å². The second-order valence-corrected chi connectivity index (χ2v) is 2.58. The van der Waals surface area contributed by atoms with E-state index in [1.54, 1.807) is 6.07 Å². The molecule has 1 aromatic rings. The molecule has 13 heavy (non-hydrogen) atoms. The van der Waals surface area contributed by atoms with Crippen LogP contribution in [0.1, 0.15) is 18.9 Å². The first-order chi connectivity index (χ1) is 6.33. The summed E-state index contributed by atoms with van der Waals surface area (Å²) >= 11 is 0. The van der Waals surface area contributed by atoms with Crippen LogP contribution in [0.2, 0.25) is 0 Å². The van der Waals surface area contributed by atoms with Gasteiger partial charge in [-0.2, -0.15) is 0 Å². The lowest BCUT2D eigenvalue weighted by Gasteiger charge is -1.87. The Balaban J connectivity index is 2.69. The molecule has 0 spiro atoms.